The van der Waals surface area contributed by atoms with Crippen molar-refractivity contribution < 1.29 is 14.3 Å². The van der Waals surface area contributed by atoms with Crippen LogP contribution < -0.4 is 20.1 Å². The van der Waals surface area contributed by atoms with Gasteiger partial charge >= 0.3 is 6.03 Å². The predicted molar refractivity (Wildman–Crippen MR) is 94.6 cm³/mol. The second-order valence-electron chi connectivity index (χ2n) is 5.63. The number of aryl methyl sites for hydroxylation is 2. The summed E-state index contributed by atoms with van der Waals surface area (Å²) in [5.74, 6) is 1.62. The Kier molecular flexibility index (Phi) is 6.49. The molecule has 2 rings (SSSR count). The van der Waals surface area contributed by atoms with Crippen LogP contribution in [0.15, 0.2) is 42.5 Å². The third-order valence-corrected chi connectivity index (χ3v) is 3.46. The zero-order chi connectivity index (χ0) is 17.4. The van der Waals surface area contributed by atoms with Crippen molar-refractivity contribution in [3.8, 4) is 11.5 Å². The van der Waals surface area contributed by atoms with E-state index in [-0.39, 0.29) is 6.03 Å². The van der Waals surface area contributed by atoms with Gasteiger partial charge in [-0.05, 0) is 54.8 Å². The van der Waals surface area contributed by atoms with Gasteiger partial charge in [0.2, 0.25) is 0 Å². The first-order valence-corrected chi connectivity index (χ1v) is 7.92. The van der Waals surface area contributed by atoms with Crippen molar-refractivity contribution in [2.45, 2.75) is 20.4 Å². The molecule has 0 saturated heterocycles. The van der Waals surface area contributed by atoms with E-state index in [0.717, 1.165) is 28.2 Å². The molecule has 2 aromatic carbocycles. The molecule has 0 spiro atoms. The molecule has 128 valence electrons. The summed E-state index contributed by atoms with van der Waals surface area (Å²) in [6, 6.07) is 13.4. The fourth-order valence-electron chi connectivity index (χ4n) is 2.34. The summed E-state index contributed by atoms with van der Waals surface area (Å²) in [5, 5.41) is 5.58. The maximum Gasteiger partial charge on any atom is 0.315 e. The molecule has 2 aromatic rings. The van der Waals surface area contributed by atoms with Crippen molar-refractivity contribution in [3.05, 3.63) is 59.2 Å². The zero-order valence-corrected chi connectivity index (χ0v) is 14.4. The van der Waals surface area contributed by atoms with Crippen molar-refractivity contribution in [1.82, 2.24) is 10.6 Å². The number of nitrogens with one attached hydrogen (secondary N) is 2. The quantitative estimate of drug-likeness (QED) is 0.768. The molecule has 0 heterocycles. The van der Waals surface area contributed by atoms with Gasteiger partial charge in [-0.15, -0.1) is 0 Å². The normalized spacial score (nSPS) is 10.1. The monoisotopic (exact) mass is 328 g/mol. The van der Waals surface area contributed by atoms with Gasteiger partial charge in [-0.3, -0.25) is 0 Å². The van der Waals surface area contributed by atoms with E-state index < -0.39 is 0 Å². The number of carbonyl (C=O) groups excluding carboxylic acids is 1. The highest BCUT2D eigenvalue weighted by atomic mass is 16.5. The molecule has 0 unspecified atom stereocenters. The smallest absolute Gasteiger partial charge is 0.315 e. The van der Waals surface area contributed by atoms with Crippen LogP contribution in [0.25, 0.3) is 0 Å². The van der Waals surface area contributed by atoms with E-state index in [0.29, 0.717) is 19.7 Å². The van der Waals surface area contributed by atoms with Crippen LogP contribution in [0, 0.1) is 13.8 Å². The van der Waals surface area contributed by atoms with Crippen LogP contribution in [0.3, 0.4) is 0 Å². The van der Waals surface area contributed by atoms with Gasteiger partial charge in [0, 0.05) is 6.54 Å². The lowest BCUT2D eigenvalue weighted by atomic mass is 10.1. The maximum atomic E-state index is 11.8. The first-order chi connectivity index (χ1) is 11.6. The Hall–Kier alpha value is -2.69. The van der Waals surface area contributed by atoms with Crippen LogP contribution >= 0.6 is 0 Å². The van der Waals surface area contributed by atoms with Crippen molar-refractivity contribution >= 4 is 6.03 Å². The molecule has 2 amide bonds. The van der Waals surface area contributed by atoms with Crippen LogP contribution in [0.1, 0.15) is 16.7 Å². The molecule has 5 heteroatoms. The molecule has 0 aromatic heterocycles. The molecular weight excluding hydrogens is 304 g/mol. The standard InChI is InChI=1S/C19H24N2O3/c1-14-10-15(2)12-18(11-14)24-9-8-20-19(22)21-13-16-4-6-17(23-3)7-5-16/h4-7,10-12H,8-9,13H2,1-3H3,(H2,20,21,22). The number of urea groups is 1. The molecule has 0 atom stereocenters. The lowest BCUT2D eigenvalue weighted by Gasteiger charge is -2.10. The van der Waals surface area contributed by atoms with E-state index in [1.807, 2.05) is 50.2 Å². The molecule has 2 N–H and O–H groups in total. The Bertz CT molecular complexity index is 649. The summed E-state index contributed by atoms with van der Waals surface area (Å²) >= 11 is 0. The van der Waals surface area contributed by atoms with E-state index in [9.17, 15) is 4.79 Å². The second kappa shape index (κ2) is 8.82. The van der Waals surface area contributed by atoms with E-state index in [4.69, 9.17) is 9.47 Å². The lowest BCUT2D eigenvalue weighted by Crippen LogP contribution is -2.37. The minimum Gasteiger partial charge on any atom is -0.497 e. The van der Waals surface area contributed by atoms with Crippen molar-refractivity contribution in [2.24, 2.45) is 0 Å². The molecular formula is C19H24N2O3. The lowest BCUT2D eigenvalue weighted by molar-refractivity contribution is 0.236. The van der Waals surface area contributed by atoms with Gasteiger partial charge in [-0.1, -0.05) is 18.2 Å². The van der Waals surface area contributed by atoms with Gasteiger partial charge in [0.1, 0.15) is 18.1 Å². The average molecular weight is 328 g/mol. The molecule has 0 aliphatic rings. The highest BCUT2D eigenvalue weighted by molar-refractivity contribution is 5.73. The molecule has 24 heavy (non-hydrogen) atoms. The van der Waals surface area contributed by atoms with E-state index in [2.05, 4.69) is 16.7 Å². The van der Waals surface area contributed by atoms with Gasteiger partial charge in [0.05, 0.1) is 13.7 Å². The Labute approximate surface area is 143 Å². The van der Waals surface area contributed by atoms with E-state index in [1.165, 1.54) is 0 Å². The molecule has 0 fully saturated rings. The number of ether oxygens (including phenoxy) is 2. The molecule has 0 saturated carbocycles. The first kappa shape index (κ1) is 17.7. The molecule has 5 nitrogen and oxygen atoms in total. The largest absolute Gasteiger partial charge is 0.497 e. The molecule has 0 aliphatic heterocycles. The van der Waals surface area contributed by atoms with Crippen LogP contribution in [0.2, 0.25) is 0 Å². The molecule has 0 radical (unpaired) electrons. The Morgan fingerprint density at radius 2 is 1.62 bits per heavy atom. The van der Waals surface area contributed by atoms with Crippen molar-refractivity contribution in [1.29, 1.82) is 0 Å². The highest BCUT2D eigenvalue weighted by Crippen LogP contribution is 2.15. The van der Waals surface area contributed by atoms with Gasteiger partial charge in [-0.25, -0.2) is 4.79 Å². The number of amides is 2. The first-order valence-electron chi connectivity index (χ1n) is 7.92. The minimum atomic E-state index is -0.213. The second-order valence-corrected chi connectivity index (χ2v) is 5.63. The minimum absolute atomic E-state index is 0.213. The summed E-state index contributed by atoms with van der Waals surface area (Å²) in [4.78, 5) is 11.8. The molecule has 0 aliphatic carbocycles. The van der Waals surface area contributed by atoms with Gasteiger partial charge in [-0.2, -0.15) is 0 Å². The van der Waals surface area contributed by atoms with Crippen LogP contribution in [0.4, 0.5) is 4.79 Å². The number of hydrogen-bond donors (Lipinski definition) is 2. The van der Waals surface area contributed by atoms with Crippen LogP contribution in [-0.2, 0) is 6.54 Å². The number of methoxy groups -OCH3 is 1. The van der Waals surface area contributed by atoms with Crippen molar-refractivity contribution in [3.63, 3.8) is 0 Å². The topological polar surface area (TPSA) is 59.6 Å². The maximum absolute atomic E-state index is 11.8. The number of carbonyl (C=O) groups is 1. The van der Waals surface area contributed by atoms with Crippen LogP contribution in [0.5, 0.6) is 11.5 Å². The zero-order valence-electron chi connectivity index (χ0n) is 14.4. The predicted octanol–water partition coefficient (Wildman–Crippen LogP) is 3.19. The fraction of sp³-hybridized carbons (Fsp3) is 0.316. The molecule has 0 bridgehead atoms. The Balaban J connectivity index is 1.65. The average Bonchev–Trinajstić information content (AvgIpc) is 2.56. The van der Waals surface area contributed by atoms with Crippen molar-refractivity contribution in [2.75, 3.05) is 20.3 Å². The Morgan fingerprint density at radius 1 is 0.958 bits per heavy atom. The Morgan fingerprint density at radius 3 is 2.25 bits per heavy atom. The summed E-state index contributed by atoms with van der Waals surface area (Å²) in [6.45, 7) is 5.41. The summed E-state index contributed by atoms with van der Waals surface area (Å²) in [7, 11) is 1.63. The summed E-state index contributed by atoms with van der Waals surface area (Å²) in [6.07, 6.45) is 0. The van der Waals surface area contributed by atoms with Gasteiger partial charge in [0.25, 0.3) is 0 Å². The highest BCUT2D eigenvalue weighted by Gasteiger charge is 2.01. The number of hydrogen-bond acceptors (Lipinski definition) is 3. The number of rotatable bonds is 7. The third kappa shape index (κ3) is 5.83. The summed E-state index contributed by atoms with van der Waals surface area (Å²) < 4.78 is 10.7. The van der Waals surface area contributed by atoms with Gasteiger partial charge in [0.15, 0.2) is 0 Å². The summed E-state index contributed by atoms with van der Waals surface area (Å²) in [5.41, 5.74) is 3.34. The van der Waals surface area contributed by atoms with E-state index in [1.54, 1.807) is 7.11 Å². The van der Waals surface area contributed by atoms with E-state index >= 15 is 0 Å². The SMILES string of the molecule is COc1ccc(CNC(=O)NCCOc2cc(C)cc(C)c2)cc1. The number of benzene rings is 2. The third-order valence-electron chi connectivity index (χ3n) is 3.46. The van der Waals surface area contributed by atoms with Gasteiger partial charge < -0.3 is 20.1 Å². The fourth-order valence-corrected chi connectivity index (χ4v) is 2.34. The van der Waals surface area contributed by atoms with Crippen LogP contribution in [-0.4, -0.2) is 26.3 Å².